The minimum atomic E-state index is -0.0763. The number of hydrogen-bond acceptors (Lipinski definition) is 6. The Hall–Kier alpha value is -3.15. The van der Waals surface area contributed by atoms with Crippen molar-refractivity contribution in [2.45, 2.75) is 20.8 Å². The average molecular weight is 383 g/mol. The molecule has 0 bridgehead atoms. The van der Waals surface area contributed by atoms with Crippen LogP contribution in [0.25, 0.3) is 6.08 Å². The molecule has 6 nitrogen and oxygen atoms in total. The van der Waals surface area contributed by atoms with Crippen molar-refractivity contribution < 1.29 is 23.7 Å². The van der Waals surface area contributed by atoms with E-state index >= 15 is 0 Å². The summed E-state index contributed by atoms with van der Waals surface area (Å²) in [6.07, 6.45) is 1.86. The molecule has 0 fully saturated rings. The van der Waals surface area contributed by atoms with Crippen LogP contribution in [0.1, 0.15) is 36.7 Å². The number of allylic oxidation sites excluding steroid dienone is 1. The van der Waals surface area contributed by atoms with Gasteiger partial charge in [0.25, 0.3) is 0 Å². The third kappa shape index (κ3) is 3.91. The van der Waals surface area contributed by atoms with Crippen LogP contribution in [-0.4, -0.2) is 26.3 Å². The third-order valence-electron chi connectivity index (χ3n) is 4.46. The lowest BCUT2D eigenvalue weighted by molar-refractivity contribution is 0.102. The first-order valence-electron chi connectivity index (χ1n) is 9.20. The normalized spacial score (nSPS) is 13.0. The number of fused-ring (bicyclic) bond motifs is 1. The van der Waals surface area contributed by atoms with Crippen LogP contribution in [-0.2, 0) is 0 Å². The van der Waals surface area contributed by atoms with Crippen molar-refractivity contribution in [3.8, 4) is 23.0 Å². The molecule has 0 atom stereocenters. The van der Waals surface area contributed by atoms with Gasteiger partial charge in [-0.05, 0) is 54.8 Å². The molecule has 0 unspecified atom stereocenters. The molecule has 0 radical (unpaired) electrons. The molecule has 1 heterocycles. The summed E-state index contributed by atoms with van der Waals surface area (Å²) in [5.74, 6) is 2.21. The van der Waals surface area contributed by atoms with Gasteiger partial charge in [-0.25, -0.2) is 0 Å². The van der Waals surface area contributed by atoms with E-state index in [0.29, 0.717) is 46.4 Å². The van der Waals surface area contributed by atoms with Gasteiger partial charge in [-0.3, -0.25) is 4.79 Å². The molecule has 2 N–H and O–H groups in total. The van der Waals surface area contributed by atoms with Crippen LogP contribution >= 0.6 is 0 Å². The summed E-state index contributed by atoms with van der Waals surface area (Å²) in [5, 5.41) is 0. The topological polar surface area (TPSA) is 80.0 Å². The number of hydrogen-bond donors (Lipinski definition) is 1. The highest BCUT2D eigenvalue weighted by Crippen LogP contribution is 2.42. The van der Waals surface area contributed by atoms with Crippen LogP contribution in [0.5, 0.6) is 23.0 Å². The van der Waals surface area contributed by atoms with Crippen molar-refractivity contribution in [3.63, 3.8) is 0 Å². The maximum Gasteiger partial charge on any atom is 0.231 e. The fourth-order valence-corrected chi connectivity index (χ4v) is 3.03. The number of rotatable bonds is 7. The van der Waals surface area contributed by atoms with Gasteiger partial charge in [0.2, 0.25) is 12.5 Å². The first kappa shape index (κ1) is 19.6. The Labute approximate surface area is 164 Å². The molecule has 0 aliphatic carbocycles. The van der Waals surface area contributed by atoms with Crippen molar-refractivity contribution in [1.82, 2.24) is 0 Å². The van der Waals surface area contributed by atoms with E-state index in [1.165, 1.54) is 0 Å². The smallest absolute Gasteiger partial charge is 0.231 e. The number of ketones is 1. The molecule has 3 rings (SSSR count). The number of nitrogens with two attached hydrogens (primary N) is 1. The highest BCUT2D eigenvalue weighted by Gasteiger charge is 2.22. The van der Waals surface area contributed by atoms with E-state index < -0.39 is 0 Å². The maximum absolute atomic E-state index is 13.2. The number of nitrogen functional groups attached to an aromatic ring is 1. The summed E-state index contributed by atoms with van der Waals surface area (Å²) in [7, 11) is 1.57. The van der Waals surface area contributed by atoms with Crippen molar-refractivity contribution in [2.75, 3.05) is 26.2 Å². The van der Waals surface area contributed by atoms with E-state index in [1.54, 1.807) is 25.3 Å². The van der Waals surface area contributed by atoms with Gasteiger partial charge in [-0.2, -0.15) is 0 Å². The molecular formula is C22H25NO5. The van der Waals surface area contributed by atoms with E-state index in [9.17, 15) is 4.79 Å². The van der Waals surface area contributed by atoms with Gasteiger partial charge in [0, 0.05) is 11.1 Å². The Morgan fingerprint density at radius 1 is 1.21 bits per heavy atom. The molecule has 2 aromatic rings. The number of methoxy groups -OCH3 is 1. The van der Waals surface area contributed by atoms with Crippen LogP contribution in [0, 0.1) is 5.92 Å². The van der Waals surface area contributed by atoms with Gasteiger partial charge in [-0.15, -0.1) is 0 Å². The number of benzene rings is 2. The lowest BCUT2D eigenvalue weighted by Gasteiger charge is -2.14. The molecule has 1 aliphatic heterocycles. The lowest BCUT2D eigenvalue weighted by atomic mass is 9.92. The van der Waals surface area contributed by atoms with Gasteiger partial charge in [-0.1, -0.05) is 13.8 Å². The van der Waals surface area contributed by atoms with Gasteiger partial charge in [0.15, 0.2) is 17.3 Å². The molecule has 0 spiro atoms. The van der Waals surface area contributed by atoms with Crippen molar-refractivity contribution in [3.05, 3.63) is 47.0 Å². The minimum Gasteiger partial charge on any atom is -0.493 e. The Balaban J connectivity index is 2.00. The van der Waals surface area contributed by atoms with E-state index in [0.717, 1.165) is 5.56 Å². The molecule has 148 valence electrons. The van der Waals surface area contributed by atoms with Crippen LogP contribution in [0.3, 0.4) is 0 Å². The summed E-state index contributed by atoms with van der Waals surface area (Å²) < 4.78 is 21.8. The van der Waals surface area contributed by atoms with Gasteiger partial charge in [0.1, 0.15) is 5.75 Å². The van der Waals surface area contributed by atoms with Gasteiger partial charge < -0.3 is 24.7 Å². The van der Waals surface area contributed by atoms with Gasteiger partial charge in [0.05, 0.1) is 19.4 Å². The molecule has 0 saturated heterocycles. The lowest BCUT2D eigenvalue weighted by Crippen LogP contribution is -2.10. The predicted molar refractivity (Wildman–Crippen MR) is 108 cm³/mol. The number of carbonyl (C=O) groups excluding carboxylic acids is 1. The minimum absolute atomic E-state index is 0.0111. The van der Waals surface area contributed by atoms with Gasteiger partial charge >= 0.3 is 0 Å². The fourth-order valence-electron chi connectivity index (χ4n) is 3.03. The molecule has 28 heavy (non-hydrogen) atoms. The zero-order valence-electron chi connectivity index (χ0n) is 16.6. The monoisotopic (exact) mass is 383 g/mol. The summed E-state index contributed by atoms with van der Waals surface area (Å²) in [6, 6.07) is 8.78. The molecule has 0 saturated carbocycles. The quantitative estimate of drug-likeness (QED) is 0.436. The highest BCUT2D eigenvalue weighted by atomic mass is 16.7. The standard InChI is InChI=1S/C22H25NO5/c1-5-26-18-11-15(6-7-17(18)23)21(24)16(13(2)3)8-14-9-19(25-4)22-20(10-14)27-12-28-22/h6-11,13H,5,12,23H2,1-4H3. The fraction of sp³-hybridized carbons (Fsp3) is 0.318. The average Bonchev–Trinajstić information content (AvgIpc) is 3.15. The van der Waals surface area contributed by atoms with Crippen molar-refractivity contribution in [1.29, 1.82) is 0 Å². The SMILES string of the molecule is CCOc1cc(C(=O)C(=Cc2cc(OC)c3c(c2)OCO3)C(C)C)ccc1N. The van der Waals surface area contributed by atoms with E-state index in [2.05, 4.69) is 0 Å². The van der Waals surface area contributed by atoms with E-state index in [-0.39, 0.29) is 18.5 Å². The summed E-state index contributed by atoms with van der Waals surface area (Å²) in [6.45, 7) is 6.47. The first-order chi connectivity index (χ1) is 13.4. The second-order valence-electron chi connectivity index (χ2n) is 6.73. The van der Waals surface area contributed by atoms with Crippen LogP contribution in [0.15, 0.2) is 35.9 Å². The molecule has 0 amide bonds. The summed E-state index contributed by atoms with van der Waals surface area (Å²) >= 11 is 0. The Morgan fingerprint density at radius 3 is 2.68 bits per heavy atom. The molecule has 2 aromatic carbocycles. The number of carbonyl (C=O) groups is 1. The van der Waals surface area contributed by atoms with Crippen molar-refractivity contribution in [2.24, 2.45) is 5.92 Å². The third-order valence-corrected chi connectivity index (χ3v) is 4.46. The largest absolute Gasteiger partial charge is 0.493 e. The summed E-state index contributed by atoms with van der Waals surface area (Å²) in [5.41, 5.74) is 8.43. The van der Waals surface area contributed by atoms with Crippen molar-refractivity contribution >= 4 is 17.5 Å². The molecular weight excluding hydrogens is 358 g/mol. The Kier molecular flexibility index (Phi) is 5.78. The maximum atomic E-state index is 13.2. The first-order valence-corrected chi connectivity index (χ1v) is 9.20. The number of ether oxygens (including phenoxy) is 4. The van der Waals surface area contributed by atoms with Crippen LogP contribution in [0.2, 0.25) is 0 Å². The number of anilines is 1. The predicted octanol–water partition coefficient (Wildman–Crippen LogP) is 4.33. The molecule has 0 aromatic heterocycles. The van der Waals surface area contributed by atoms with Crippen LogP contribution < -0.4 is 24.7 Å². The van der Waals surface area contributed by atoms with E-state index in [4.69, 9.17) is 24.7 Å². The Bertz CT molecular complexity index is 917. The zero-order valence-corrected chi connectivity index (χ0v) is 16.6. The summed E-state index contributed by atoms with van der Waals surface area (Å²) in [4.78, 5) is 13.2. The number of Topliss-reactive ketones (excluding diaryl/α,β-unsaturated/α-hetero) is 1. The molecule has 1 aliphatic rings. The van der Waals surface area contributed by atoms with Crippen LogP contribution in [0.4, 0.5) is 5.69 Å². The zero-order chi connectivity index (χ0) is 20.3. The second kappa shape index (κ2) is 8.25. The Morgan fingerprint density at radius 2 is 2.00 bits per heavy atom. The van der Waals surface area contributed by atoms with E-state index in [1.807, 2.05) is 39.0 Å². The molecule has 6 heteroatoms. The highest BCUT2D eigenvalue weighted by molar-refractivity contribution is 6.12. The second-order valence-corrected chi connectivity index (χ2v) is 6.73.